The molecule has 4 nitrogen and oxygen atoms in total. The smallest absolute Gasteiger partial charge is 0.267 e. The summed E-state index contributed by atoms with van der Waals surface area (Å²) in [5.41, 5.74) is 3.05. The van der Waals surface area contributed by atoms with Gasteiger partial charge < -0.3 is 14.6 Å². The molecule has 0 unspecified atom stereocenters. The minimum absolute atomic E-state index is 0.0133. The number of fused-ring (bicyclic) bond motifs is 1. The van der Waals surface area contributed by atoms with Crippen LogP contribution < -0.4 is 10.1 Å². The molecule has 0 saturated carbocycles. The van der Waals surface area contributed by atoms with Crippen molar-refractivity contribution in [1.82, 2.24) is 9.88 Å². The Labute approximate surface area is 146 Å². The molecule has 126 valence electrons. The van der Waals surface area contributed by atoms with Gasteiger partial charge in [0.25, 0.3) is 5.91 Å². The van der Waals surface area contributed by atoms with E-state index in [9.17, 15) is 4.79 Å². The number of methoxy groups -OCH3 is 1. The van der Waals surface area contributed by atoms with Gasteiger partial charge in [-0.15, -0.1) is 11.3 Å². The van der Waals surface area contributed by atoms with Crippen molar-refractivity contribution < 1.29 is 9.53 Å². The van der Waals surface area contributed by atoms with E-state index in [-0.39, 0.29) is 11.9 Å². The molecule has 0 aliphatic carbocycles. The quantitative estimate of drug-likeness (QED) is 0.727. The number of hydrogen-bond donors (Lipinski definition) is 1. The van der Waals surface area contributed by atoms with Crippen molar-refractivity contribution in [2.24, 2.45) is 0 Å². The predicted molar refractivity (Wildman–Crippen MR) is 99.2 cm³/mol. The highest BCUT2D eigenvalue weighted by Crippen LogP contribution is 2.28. The van der Waals surface area contributed by atoms with Crippen molar-refractivity contribution >= 4 is 27.5 Å². The number of hydrogen-bond acceptors (Lipinski definition) is 3. The van der Waals surface area contributed by atoms with E-state index in [1.165, 1.54) is 5.56 Å². The van der Waals surface area contributed by atoms with Crippen molar-refractivity contribution in [3.05, 3.63) is 53.0 Å². The lowest BCUT2D eigenvalue weighted by Crippen LogP contribution is -2.28. The van der Waals surface area contributed by atoms with Crippen LogP contribution in [0.2, 0.25) is 0 Å². The molecule has 1 N–H and O–H groups in total. The van der Waals surface area contributed by atoms with Crippen LogP contribution in [0.15, 0.2) is 41.8 Å². The maximum Gasteiger partial charge on any atom is 0.267 e. The first-order valence-electron chi connectivity index (χ1n) is 8.09. The highest BCUT2D eigenvalue weighted by molar-refractivity contribution is 7.17. The van der Waals surface area contributed by atoms with Crippen LogP contribution in [-0.2, 0) is 6.42 Å². The van der Waals surface area contributed by atoms with E-state index in [1.807, 2.05) is 30.3 Å². The molecule has 0 saturated heterocycles. The van der Waals surface area contributed by atoms with Gasteiger partial charge in [-0.2, -0.15) is 0 Å². The van der Waals surface area contributed by atoms with E-state index >= 15 is 0 Å². The number of amides is 1. The van der Waals surface area contributed by atoms with Crippen molar-refractivity contribution in [3.63, 3.8) is 0 Å². The number of carbonyl (C=O) groups excluding carboxylic acids is 1. The summed E-state index contributed by atoms with van der Waals surface area (Å²) in [5, 5.41) is 5.10. The molecule has 2 aromatic heterocycles. The minimum Gasteiger partial charge on any atom is -0.497 e. The Balaban J connectivity index is 1.66. The number of aromatic nitrogens is 1. The number of rotatable bonds is 6. The summed E-state index contributed by atoms with van der Waals surface area (Å²) in [6, 6.07) is 12.2. The van der Waals surface area contributed by atoms with Crippen LogP contribution >= 0.6 is 11.3 Å². The van der Waals surface area contributed by atoms with Gasteiger partial charge in [0, 0.05) is 12.6 Å². The van der Waals surface area contributed by atoms with Crippen molar-refractivity contribution in [1.29, 1.82) is 0 Å². The van der Waals surface area contributed by atoms with Crippen molar-refractivity contribution in [2.45, 2.75) is 26.3 Å². The van der Waals surface area contributed by atoms with Crippen LogP contribution in [0.3, 0.4) is 0 Å². The fourth-order valence-electron chi connectivity index (χ4n) is 2.88. The van der Waals surface area contributed by atoms with E-state index in [1.54, 1.807) is 18.4 Å². The normalized spacial score (nSPS) is 11.2. The molecule has 3 aromatic rings. The zero-order valence-electron chi connectivity index (χ0n) is 14.2. The number of thiophene rings is 1. The maximum absolute atomic E-state index is 12.6. The Bertz CT molecular complexity index is 831. The number of nitrogens with one attached hydrogen (secondary N) is 1. The lowest BCUT2D eigenvalue weighted by molar-refractivity contribution is 0.0944. The Hall–Kier alpha value is -2.27. The van der Waals surface area contributed by atoms with Crippen LogP contribution in [0.25, 0.3) is 10.2 Å². The summed E-state index contributed by atoms with van der Waals surface area (Å²) < 4.78 is 8.42. The van der Waals surface area contributed by atoms with Crippen LogP contribution in [0.1, 0.15) is 35.9 Å². The second-order valence-electron chi connectivity index (χ2n) is 6.02. The molecule has 0 atom stereocenters. The molecule has 0 aliphatic rings. The SMILES string of the molecule is COc1ccc(CCNC(=O)c2cc3sccc3n2C(C)C)cc1. The summed E-state index contributed by atoms with van der Waals surface area (Å²) in [6.45, 7) is 4.82. The highest BCUT2D eigenvalue weighted by atomic mass is 32.1. The highest BCUT2D eigenvalue weighted by Gasteiger charge is 2.17. The van der Waals surface area contributed by atoms with E-state index in [4.69, 9.17) is 4.74 Å². The minimum atomic E-state index is -0.0133. The Morgan fingerprint density at radius 2 is 2.00 bits per heavy atom. The molecule has 0 aliphatic heterocycles. The molecule has 0 bridgehead atoms. The molecule has 3 rings (SSSR count). The van der Waals surface area contributed by atoms with Crippen molar-refractivity contribution in [3.8, 4) is 5.75 Å². The second-order valence-corrected chi connectivity index (χ2v) is 6.97. The van der Waals surface area contributed by atoms with Crippen LogP contribution in [0.4, 0.5) is 0 Å². The van der Waals surface area contributed by atoms with Gasteiger partial charge in [0.2, 0.25) is 0 Å². The molecule has 0 radical (unpaired) electrons. The molecule has 24 heavy (non-hydrogen) atoms. The van der Waals surface area contributed by atoms with Crippen LogP contribution in [-0.4, -0.2) is 24.1 Å². The summed E-state index contributed by atoms with van der Waals surface area (Å²) in [5.74, 6) is 0.832. The standard InChI is InChI=1S/C19H22N2O2S/c1-13(2)21-16-9-11-24-18(16)12-17(21)19(22)20-10-8-14-4-6-15(23-3)7-5-14/h4-7,9,11-13H,8,10H2,1-3H3,(H,20,22). The lowest BCUT2D eigenvalue weighted by atomic mass is 10.1. The molecule has 0 spiro atoms. The monoisotopic (exact) mass is 342 g/mol. The van der Waals surface area contributed by atoms with Gasteiger partial charge in [0.15, 0.2) is 0 Å². The molecule has 5 heteroatoms. The molecular weight excluding hydrogens is 320 g/mol. The first-order valence-corrected chi connectivity index (χ1v) is 8.97. The average Bonchev–Trinajstić information content (AvgIpc) is 3.15. The van der Waals surface area contributed by atoms with E-state index < -0.39 is 0 Å². The largest absolute Gasteiger partial charge is 0.497 e. The summed E-state index contributed by atoms with van der Waals surface area (Å²) in [6.07, 6.45) is 0.798. The molecule has 1 amide bonds. The fraction of sp³-hybridized carbons (Fsp3) is 0.316. The van der Waals surface area contributed by atoms with Gasteiger partial charge in [-0.3, -0.25) is 4.79 Å². The topological polar surface area (TPSA) is 43.3 Å². The Morgan fingerprint density at radius 1 is 1.25 bits per heavy atom. The fourth-order valence-corrected chi connectivity index (χ4v) is 3.69. The summed E-state index contributed by atoms with van der Waals surface area (Å²) in [4.78, 5) is 12.6. The number of nitrogens with zero attached hydrogens (tertiary/aromatic N) is 1. The van der Waals surface area contributed by atoms with Gasteiger partial charge in [-0.25, -0.2) is 0 Å². The van der Waals surface area contributed by atoms with E-state index in [0.29, 0.717) is 6.54 Å². The van der Waals surface area contributed by atoms with Gasteiger partial charge in [0.1, 0.15) is 11.4 Å². The molecular formula is C19H22N2O2S. The van der Waals surface area contributed by atoms with Gasteiger partial charge >= 0.3 is 0 Å². The number of benzene rings is 1. The van der Waals surface area contributed by atoms with Crippen LogP contribution in [0.5, 0.6) is 5.75 Å². The summed E-state index contributed by atoms with van der Waals surface area (Å²) in [7, 11) is 1.66. The zero-order chi connectivity index (χ0) is 17.1. The average molecular weight is 342 g/mol. The molecule has 2 heterocycles. The molecule has 1 aromatic carbocycles. The maximum atomic E-state index is 12.6. The third-order valence-electron chi connectivity index (χ3n) is 4.07. The van der Waals surface area contributed by atoms with Gasteiger partial charge in [-0.05, 0) is 55.5 Å². The third-order valence-corrected chi connectivity index (χ3v) is 4.92. The van der Waals surface area contributed by atoms with E-state index in [2.05, 4.69) is 35.2 Å². The predicted octanol–water partition coefficient (Wildman–Crippen LogP) is 4.26. The number of carbonyl (C=O) groups is 1. The first-order chi connectivity index (χ1) is 11.6. The Morgan fingerprint density at radius 3 is 2.67 bits per heavy atom. The summed E-state index contributed by atoms with van der Waals surface area (Å²) >= 11 is 1.67. The van der Waals surface area contributed by atoms with E-state index in [0.717, 1.165) is 28.1 Å². The second kappa shape index (κ2) is 7.09. The van der Waals surface area contributed by atoms with Gasteiger partial charge in [-0.1, -0.05) is 12.1 Å². The molecule has 0 fully saturated rings. The third kappa shape index (κ3) is 3.31. The Kier molecular flexibility index (Phi) is 4.90. The van der Waals surface area contributed by atoms with Gasteiger partial charge in [0.05, 0.1) is 17.3 Å². The zero-order valence-corrected chi connectivity index (χ0v) is 15.0. The lowest BCUT2D eigenvalue weighted by Gasteiger charge is -2.14. The van der Waals surface area contributed by atoms with Crippen molar-refractivity contribution in [2.75, 3.05) is 13.7 Å². The van der Waals surface area contributed by atoms with Crippen LogP contribution in [0, 0.1) is 0 Å². The number of ether oxygens (including phenoxy) is 1. The first kappa shape index (κ1) is 16.6.